The van der Waals surface area contributed by atoms with Crippen molar-refractivity contribution in [2.75, 3.05) is 16.4 Å². The predicted octanol–water partition coefficient (Wildman–Crippen LogP) is 4.28. The lowest BCUT2D eigenvalue weighted by Crippen LogP contribution is -2.14. The van der Waals surface area contributed by atoms with Gasteiger partial charge in [0.05, 0.1) is 5.75 Å². The Labute approximate surface area is 169 Å². The first kappa shape index (κ1) is 20.0. The molecule has 2 amide bonds. The summed E-state index contributed by atoms with van der Waals surface area (Å²) in [6, 6.07) is 11.2. The van der Waals surface area contributed by atoms with Crippen LogP contribution >= 0.6 is 23.1 Å². The number of hydrogen-bond donors (Lipinski definition) is 2. The number of rotatable bonds is 6. The number of nitrogens with zero attached hydrogens (tertiary/aromatic N) is 2. The monoisotopic (exact) mass is 416 g/mol. The lowest BCUT2D eigenvalue weighted by Gasteiger charge is -2.06. The molecule has 0 saturated carbocycles. The van der Waals surface area contributed by atoms with Gasteiger partial charge in [-0.05, 0) is 55.3 Å². The summed E-state index contributed by atoms with van der Waals surface area (Å²) in [5.74, 6) is -0.953. The molecule has 0 unspecified atom stereocenters. The van der Waals surface area contributed by atoms with Crippen LogP contribution in [0.1, 0.15) is 21.5 Å². The van der Waals surface area contributed by atoms with Crippen LogP contribution in [0.3, 0.4) is 0 Å². The zero-order valence-electron chi connectivity index (χ0n) is 15.2. The van der Waals surface area contributed by atoms with E-state index in [2.05, 4.69) is 20.8 Å². The molecule has 2 N–H and O–H groups in total. The summed E-state index contributed by atoms with van der Waals surface area (Å²) in [6.45, 7) is 3.94. The van der Waals surface area contributed by atoms with Gasteiger partial charge in [0.25, 0.3) is 5.91 Å². The van der Waals surface area contributed by atoms with Gasteiger partial charge >= 0.3 is 0 Å². The smallest absolute Gasteiger partial charge is 0.257 e. The van der Waals surface area contributed by atoms with Crippen LogP contribution in [0.5, 0.6) is 0 Å². The minimum atomic E-state index is -0.490. The van der Waals surface area contributed by atoms with E-state index in [1.165, 1.54) is 30.0 Å². The topological polar surface area (TPSA) is 84.0 Å². The van der Waals surface area contributed by atoms with Crippen molar-refractivity contribution in [1.82, 2.24) is 10.2 Å². The highest BCUT2D eigenvalue weighted by atomic mass is 32.2. The molecule has 1 aromatic heterocycles. The first-order valence-corrected chi connectivity index (χ1v) is 10.1. The summed E-state index contributed by atoms with van der Waals surface area (Å²) in [5, 5.41) is 13.5. The minimum Gasteiger partial charge on any atom is -0.325 e. The predicted molar refractivity (Wildman–Crippen MR) is 110 cm³/mol. The Morgan fingerprint density at radius 3 is 2.54 bits per heavy atom. The zero-order valence-corrected chi connectivity index (χ0v) is 16.8. The van der Waals surface area contributed by atoms with Crippen LogP contribution in [0.2, 0.25) is 0 Å². The average molecular weight is 417 g/mol. The van der Waals surface area contributed by atoms with E-state index >= 15 is 0 Å². The zero-order chi connectivity index (χ0) is 20.1. The van der Waals surface area contributed by atoms with Crippen LogP contribution in [0.25, 0.3) is 0 Å². The van der Waals surface area contributed by atoms with E-state index in [4.69, 9.17) is 0 Å². The number of amides is 2. The van der Waals surface area contributed by atoms with Crippen molar-refractivity contribution < 1.29 is 14.0 Å². The van der Waals surface area contributed by atoms with Gasteiger partial charge in [0.2, 0.25) is 11.0 Å². The largest absolute Gasteiger partial charge is 0.325 e. The first-order valence-electron chi connectivity index (χ1n) is 8.30. The van der Waals surface area contributed by atoms with Gasteiger partial charge in [0.15, 0.2) is 4.34 Å². The maximum absolute atomic E-state index is 13.2. The molecule has 3 rings (SSSR count). The van der Waals surface area contributed by atoms with Crippen molar-refractivity contribution in [2.24, 2.45) is 0 Å². The number of aromatic nitrogens is 2. The molecule has 0 aliphatic heterocycles. The van der Waals surface area contributed by atoms with E-state index < -0.39 is 11.7 Å². The molecule has 28 heavy (non-hydrogen) atoms. The molecule has 0 spiro atoms. The van der Waals surface area contributed by atoms with Crippen LogP contribution in [-0.4, -0.2) is 27.8 Å². The van der Waals surface area contributed by atoms with E-state index in [9.17, 15) is 14.0 Å². The number of aryl methyl sites for hydroxylation is 2. The quantitative estimate of drug-likeness (QED) is 0.463. The average Bonchev–Trinajstić information content (AvgIpc) is 3.06. The molecule has 2 aromatic carbocycles. The number of halogens is 1. The normalized spacial score (nSPS) is 10.5. The molecule has 0 saturated heterocycles. The third kappa shape index (κ3) is 5.61. The van der Waals surface area contributed by atoms with Crippen molar-refractivity contribution in [3.63, 3.8) is 0 Å². The molecule has 3 aromatic rings. The van der Waals surface area contributed by atoms with Crippen molar-refractivity contribution in [1.29, 1.82) is 0 Å². The van der Waals surface area contributed by atoms with Gasteiger partial charge in [-0.2, -0.15) is 0 Å². The fraction of sp³-hybridized carbons (Fsp3) is 0.158. The molecule has 144 valence electrons. The molecule has 6 nitrogen and oxygen atoms in total. The van der Waals surface area contributed by atoms with Gasteiger partial charge in [-0.15, -0.1) is 10.2 Å². The summed E-state index contributed by atoms with van der Waals surface area (Å²) < 4.78 is 13.7. The van der Waals surface area contributed by atoms with Crippen LogP contribution in [0.4, 0.5) is 15.2 Å². The second-order valence-corrected chi connectivity index (χ2v) is 8.25. The van der Waals surface area contributed by atoms with Gasteiger partial charge < -0.3 is 5.32 Å². The summed E-state index contributed by atoms with van der Waals surface area (Å²) in [6.07, 6.45) is 0. The third-order valence-electron chi connectivity index (χ3n) is 3.55. The highest BCUT2D eigenvalue weighted by Gasteiger charge is 2.12. The second kappa shape index (κ2) is 8.94. The summed E-state index contributed by atoms with van der Waals surface area (Å²) >= 11 is 2.37. The summed E-state index contributed by atoms with van der Waals surface area (Å²) in [7, 11) is 0. The van der Waals surface area contributed by atoms with Gasteiger partial charge in [-0.1, -0.05) is 35.2 Å². The lowest BCUT2D eigenvalue weighted by molar-refractivity contribution is -0.113. The molecular weight excluding hydrogens is 399 g/mol. The number of thioether (sulfide) groups is 1. The highest BCUT2D eigenvalue weighted by molar-refractivity contribution is 8.01. The van der Waals surface area contributed by atoms with Gasteiger partial charge in [-0.25, -0.2) is 4.39 Å². The first-order chi connectivity index (χ1) is 13.4. The summed E-state index contributed by atoms with van der Waals surface area (Å²) in [4.78, 5) is 24.2. The Bertz CT molecular complexity index is 1000. The SMILES string of the molecule is Cc1cc(C)cc(NC(=O)CSc2nnc(NC(=O)c3cccc(F)c3)s2)c1. The third-order valence-corrected chi connectivity index (χ3v) is 5.52. The number of hydrogen-bond acceptors (Lipinski definition) is 6. The molecule has 0 aliphatic rings. The Balaban J connectivity index is 1.53. The molecule has 0 fully saturated rings. The summed E-state index contributed by atoms with van der Waals surface area (Å²) in [5.41, 5.74) is 3.09. The standard InChI is InChI=1S/C19H17FN4O2S2/c1-11-6-12(2)8-15(7-11)21-16(25)10-27-19-24-23-18(28-19)22-17(26)13-4-3-5-14(20)9-13/h3-9H,10H2,1-2H3,(H,21,25)(H,22,23,26). The molecule has 1 heterocycles. The number of carbonyl (C=O) groups excluding carboxylic acids is 2. The number of carbonyl (C=O) groups is 2. The van der Waals surface area contributed by atoms with Crippen molar-refractivity contribution in [3.8, 4) is 0 Å². The molecule has 0 bridgehead atoms. The molecule has 0 aliphatic carbocycles. The lowest BCUT2D eigenvalue weighted by atomic mass is 10.1. The van der Waals surface area contributed by atoms with Crippen LogP contribution in [0, 0.1) is 19.7 Å². The number of benzene rings is 2. The maximum atomic E-state index is 13.2. The molecule has 0 atom stereocenters. The van der Waals surface area contributed by atoms with Gasteiger partial charge in [-0.3, -0.25) is 14.9 Å². The van der Waals surface area contributed by atoms with Gasteiger partial charge in [0, 0.05) is 11.3 Å². The van der Waals surface area contributed by atoms with Crippen molar-refractivity contribution in [3.05, 3.63) is 65.0 Å². The second-order valence-electron chi connectivity index (χ2n) is 6.05. The van der Waals surface area contributed by atoms with Crippen LogP contribution < -0.4 is 10.6 Å². The maximum Gasteiger partial charge on any atom is 0.257 e. The minimum absolute atomic E-state index is 0.157. The van der Waals surface area contributed by atoms with Crippen molar-refractivity contribution >= 4 is 45.7 Å². The fourth-order valence-electron chi connectivity index (χ4n) is 2.49. The Morgan fingerprint density at radius 2 is 1.82 bits per heavy atom. The molecular formula is C19H17FN4O2S2. The van der Waals surface area contributed by atoms with Crippen molar-refractivity contribution in [2.45, 2.75) is 18.2 Å². The van der Waals surface area contributed by atoms with Crippen LogP contribution in [-0.2, 0) is 4.79 Å². The Kier molecular flexibility index (Phi) is 6.37. The van der Waals surface area contributed by atoms with E-state index in [1.54, 1.807) is 0 Å². The fourth-order valence-corrected chi connectivity index (χ4v) is 4.04. The van der Waals surface area contributed by atoms with Gasteiger partial charge in [0.1, 0.15) is 5.82 Å². The molecule has 0 radical (unpaired) electrons. The van der Waals surface area contributed by atoms with E-state index in [-0.39, 0.29) is 22.4 Å². The van der Waals surface area contributed by atoms with E-state index in [0.717, 1.165) is 34.2 Å². The number of nitrogens with one attached hydrogen (secondary N) is 2. The Hall–Kier alpha value is -2.78. The van der Waals surface area contributed by atoms with E-state index in [1.807, 2.05) is 32.0 Å². The van der Waals surface area contributed by atoms with Crippen LogP contribution in [0.15, 0.2) is 46.8 Å². The van der Waals surface area contributed by atoms with E-state index in [0.29, 0.717) is 4.34 Å². The Morgan fingerprint density at radius 1 is 1.07 bits per heavy atom. The highest BCUT2D eigenvalue weighted by Crippen LogP contribution is 2.26. The molecule has 9 heteroatoms. The number of anilines is 2.